The molecule has 0 saturated carbocycles. The Morgan fingerprint density at radius 2 is 1.16 bits per heavy atom. The Hall–Kier alpha value is -5.74. The smallest absolute Gasteiger partial charge is 0.227 e. The van der Waals surface area contributed by atoms with Crippen LogP contribution in [0.3, 0.4) is 0 Å². The van der Waals surface area contributed by atoms with Crippen LogP contribution in [0, 0.1) is 13.8 Å². The van der Waals surface area contributed by atoms with Gasteiger partial charge < -0.3 is 4.42 Å². The predicted molar refractivity (Wildman–Crippen MR) is 208 cm³/mol. The van der Waals surface area contributed by atoms with Gasteiger partial charge in [0, 0.05) is 16.7 Å². The summed E-state index contributed by atoms with van der Waals surface area (Å²) in [5.41, 5.74) is 16.4. The van der Waals surface area contributed by atoms with Gasteiger partial charge in [0.15, 0.2) is 5.58 Å². The maximum Gasteiger partial charge on any atom is 0.227 e. The van der Waals surface area contributed by atoms with E-state index in [1.165, 1.54) is 44.6 Å². The van der Waals surface area contributed by atoms with Crippen molar-refractivity contribution in [3.8, 4) is 50.8 Å². The fraction of sp³-hybridized carbons (Fsp3) is 0.174. The van der Waals surface area contributed by atoms with E-state index in [1.807, 2.05) is 30.3 Å². The molecule has 8 aromatic rings. The quantitative estimate of drug-likeness (QED) is 0.172. The van der Waals surface area contributed by atoms with Gasteiger partial charge in [-0.25, -0.2) is 9.97 Å². The van der Waals surface area contributed by atoms with Gasteiger partial charge in [0.25, 0.3) is 0 Å². The molecule has 246 valence electrons. The highest BCUT2D eigenvalue weighted by Crippen LogP contribution is 2.43. The fourth-order valence-electron chi connectivity index (χ4n) is 7.35. The number of para-hydroxylation sites is 2. The van der Waals surface area contributed by atoms with E-state index in [0.29, 0.717) is 5.89 Å². The first-order valence-corrected chi connectivity index (χ1v) is 17.6. The zero-order valence-electron chi connectivity index (χ0n) is 29.5. The minimum Gasteiger partial charge on any atom is -0.436 e. The molecule has 0 aliphatic heterocycles. The normalized spacial score (nSPS) is 11.8. The van der Waals surface area contributed by atoms with Gasteiger partial charge in [-0.05, 0) is 113 Å². The topological polar surface area (TPSA) is 43.9 Å². The van der Waals surface area contributed by atoms with Crippen LogP contribution in [0.15, 0.2) is 132 Å². The van der Waals surface area contributed by atoms with Crippen LogP contribution in [0.2, 0.25) is 0 Å². The third-order valence-corrected chi connectivity index (χ3v) is 9.83. The maximum absolute atomic E-state index is 6.62. The molecule has 50 heavy (non-hydrogen) atoms. The van der Waals surface area contributed by atoms with Crippen LogP contribution in [-0.2, 0) is 0 Å². The Kier molecular flexibility index (Phi) is 7.95. The minimum atomic E-state index is 0.274. The second-order valence-corrected chi connectivity index (χ2v) is 14.0. The van der Waals surface area contributed by atoms with E-state index in [0.717, 1.165) is 44.6 Å². The summed E-state index contributed by atoms with van der Waals surface area (Å²) in [4.78, 5) is 10.5. The van der Waals surface area contributed by atoms with Crippen molar-refractivity contribution in [3.63, 3.8) is 0 Å². The highest BCUT2D eigenvalue weighted by molar-refractivity contribution is 5.98. The van der Waals surface area contributed by atoms with E-state index in [1.54, 1.807) is 0 Å². The first-order chi connectivity index (χ1) is 24.3. The third-order valence-electron chi connectivity index (χ3n) is 9.83. The van der Waals surface area contributed by atoms with E-state index in [9.17, 15) is 0 Å². The van der Waals surface area contributed by atoms with Gasteiger partial charge in [0.05, 0.1) is 16.7 Å². The monoisotopic (exact) mass is 651 g/mol. The number of hydrogen-bond donors (Lipinski definition) is 0. The summed E-state index contributed by atoms with van der Waals surface area (Å²) in [7, 11) is 0. The van der Waals surface area contributed by atoms with E-state index >= 15 is 0 Å². The summed E-state index contributed by atoms with van der Waals surface area (Å²) in [6.45, 7) is 13.5. The van der Waals surface area contributed by atoms with Crippen LogP contribution in [0.4, 0.5) is 0 Å². The molecule has 0 saturated heterocycles. The first-order valence-electron chi connectivity index (χ1n) is 17.6. The van der Waals surface area contributed by atoms with Crippen LogP contribution >= 0.6 is 0 Å². The number of benzene rings is 6. The molecule has 0 spiro atoms. The van der Waals surface area contributed by atoms with Crippen LogP contribution in [0.25, 0.3) is 72.9 Å². The fourth-order valence-corrected chi connectivity index (χ4v) is 7.35. The molecule has 0 unspecified atom stereocenters. The number of oxazole rings is 1. The first kappa shape index (κ1) is 31.5. The molecule has 6 aromatic carbocycles. The number of hydrogen-bond acceptors (Lipinski definition) is 3. The SMILES string of the molecule is Cc1cccc(C)c1-c1cc(-c2nc3ccccc3n2-c2c(C(C)C)cc(-c3ccccc3)cc2C(C)C)cc2oc(-c3ccccc3)nc12. The second kappa shape index (κ2) is 12.6. The molecule has 0 atom stereocenters. The minimum absolute atomic E-state index is 0.274. The largest absolute Gasteiger partial charge is 0.436 e. The molecule has 8 rings (SSSR count). The van der Waals surface area contributed by atoms with E-state index in [4.69, 9.17) is 14.4 Å². The number of fused-ring (bicyclic) bond motifs is 2. The lowest BCUT2D eigenvalue weighted by Gasteiger charge is -2.24. The molecule has 0 aliphatic rings. The summed E-state index contributed by atoms with van der Waals surface area (Å²) in [6, 6.07) is 45.0. The van der Waals surface area contributed by atoms with Crippen LogP contribution in [0.1, 0.15) is 61.8 Å². The molecule has 4 nitrogen and oxygen atoms in total. The summed E-state index contributed by atoms with van der Waals surface area (Å²) in [5, 5.41) is 0. The van der Waals surface area contributed by atoms with Crippen molar-refractivity contribution in [3.05, 3.63) is 150 Å². The molecule has 0 radical (unpaired) electrons. The van der Waals surface area contributed by atoms with Crippen molar-refractivity contribution in [2.24, 2.45) is 0 Å². The lowest BCUT2D eigenvalue weighted by Crippen LogP contribution is -2.09. The van der Waals surface area contributed by atoms with E-state index in [2.05, 4.69) is 143 Å². The van der Waals surface area contributed by atoms with Crippen LogP contribution in [-0.4, -0.2) is 14.5 Å². The molecular weight excluding hydrogens is 611 g/mol. The second-order valence-electron chi connectivity index (χ2n) is 14.0. The van der Waals surface area contributed by atoms with Gasteiger partial charge in [-0.2, -0.15) is 0 Å². The lowest BCUT2D eigenvalue weighted by molar-refractivity contribution is 0.620. The molecule has 0 bridgehead atoms. The number of nitrogens with zero attached hydrogens (tertiary/aromatic N) is 3. The van der Waals surface area contributed by atoms with Crippen molar-refractivity contribution in [1.29, 1.82) is 0 Å². The van der Waals surface area contributed by atoms with E-state index in [-0.39, 0.29) is 11.8 Å². The highest BCUT2D eigenvalue weighted by Gasteiger charge is 2.25. The third kappa shape index (κ3) is 5.42. The van der Waals surface area contributed by atoms with Gasteiger partial charge in [-0.15, -0.1) is 0 Å². The number of rotatable bonds is 7. The van der Waals surface area contributed by atoms with Gasteiger partial charge in [0.1, 0.15) is 11.3 Å². The number of imidazole rings is 1. The van der Waals surface area contributed by atoms with Gasteiger partial charge in [0.2, 0.25) is 5.89 Å². The summed E-state index contributed by atoms with van der Waals surface area (Å²) >= 11 is 0. The molecule has 0 N–H and O–H groups in total. The zero-order valence-corrected chi connectivity index (χ0v) is 29.5. The summed E-state index contributed by atoms with van der Waals surface area (Å²) in [5.74, 6) is 2.04. The van der Waals surface area contributed by atoms with Gasteiger partial charge >= 0.3 is 0 Å². The average molecular weight is 652 g/mol. The van der Waals surface area contributed by atoms with E-state index < -0.39 is 0 Å². The summed E-state index contributed by atoms with van der Waals surface area (Å²) < 4.78 is 9.02. The van der Waals surface area contributed by atoms with Gasteiger partial charge in [-0.1, -0.05) is 107 Å². The van der Waals surface area contributed by atoms with Crippen molar-refractivity contribution in [2.45, 2.75) is 53.4 Å². The molecule has 0 amide bonds. The number of aryl methyl sites for hydroxylation is 2. The zero-order chi connectivity index (χ0) is 34.5. The van der Waals surface area contributed by atoms with Crippen molar-refractivity contribution >= 4 is 22.1 Å². The highest BCUT2D eigenvalue weighted by atomic mass is 16.3. The Bertz CT molecular complexity index is 2450. The average Bonchev–Trinajstić information content (AvgIpc) is 3.74. The molecule has 2 heterocycles. The number of aromatic nitrogens is 3. The van der Waals surface area contributed by atoms with Crippen molar-refractivity contribution in [2.75, 3.05) is 0 Å². The molecule has 0 fully saturated rings. The van der Waals surface area contributed by atoms with Crippen molar-refractivity contribution < 1.29 is 4.42 Å². The van der Waals surface area contributed by atoms with Gasteiger partial charge in [-0.3, -0.25) is 4.57 Å². The Balaban J connectivity index is 1.46. The van der Waals surface area contributed by atoms with Crippen LogP contribution < -0.4 is 0 Å². The summed E-state index contributed by atoms with van der Waals surface area (Å²) in [6.07, 6.45) is 0. The molecule has 4 heteroatoms. The standard InChI is InChI=1S/C46H41N3O/c1-28(2)36-24-34(32-18-9-7-10-19-32)25-37(29(3)4)44(36)49-40-23-14-13-22-39(40)47-45(49)35-26-38(42-30(5)16-15-17-31(42)6)43-41(27-35)50-46(48-43)33-20-11-8-12-21-33/h7-29H,1-6H3. The molecule has 0 aliphatic carbocycles. The lowest BCUT2D eigenvalue weighted by atomic mass is 9.88. The Morgan fingerprint density at radius 1 is 0.560 bits per heavy atom. The van der Waals surface area contributed by atoms with Crippen molar-refractivity contribution in [1.82, 2.24) is 14.5 Å². The molecular formula is C46H41N3O. The predicted octanol–water partition coefficient (Wildman–Crippen LogP) is 12.7. The maximum atomic E-state index is 6.62. The Labute approximate surface area is 294 Å². The van der Waals surface area contributed by atoms with Crippen LogP contribution in [0.5, 0.6) is 0 Å². The molecule has 2 aromatic heterocycles. The Morgan fingerprint density at radius 3 is 1.80 bits per heavy atom.